The molecule has 25 heavy (non-hydrogen) atoms. The van der Waals surface area contributed by atoms with Gasteiger partial charge < -0.3 is 10.1 Å². The summed E-state index contributed by atoms with van der Waals surface area (Å²) in [6.45, 7) is 1.49. The highest BCUT2D eigenvalue weighted by molar-refractivity contribution is 14.1. The van der Waals surface area contributed by atoms with Gasteiger partial charge in [-0.3, -0.25) is 4.79 Å². The van der Waals surface area contributed by atoms with Crippen LogP contribution in [0.3, 0.4) is 0 Å². The van der Waals surface area contributed by atoms with E-state index in [-0.39, 0.29) is 10.8 Å². The van der Waals surface area contributed by atoms with E-state index >= 15 is 0 Å². The fourth-order valence-corrected chi connectivity index (χ4v) is 4.22. The molecule has 1 N–H and O–H groups in total. The quantitative estimate of drug-likeness (QED) is 0.695. The van der Waals surface area contributed by atoms with Gasteiger partial charge in [-0.2, -0.15) is 4.31 Å². The summed E-state index contributed by atoms with van der Waals surface area (Å²) in [5.74, 6) is -0.281. The minimum absolute atomic E-state index is 0.181. The Kier molecular flexibility index (Phi) is 5.72. The van der Waals surface area contributed by atoms with Crippen molar-refractivity contribution in [1.29, 1.82) is 0 Å². The number of carbonyl (C=O) groups excluding carboxylic acids is 1. The van der Waals surface area contributed by atoms with Gasteiger partial charge in [-0.25, -0.2) is 8.42 Å². The van der Waals surface area contributed by atoms with E-state index in [4.69, 9.17) is 4.74 Å². The zero-order valence-corrected chi connectivity index (χ0v) is 16.3. The number of hydrogen-bond acceptors (Lipinski definition) is 4. The van der Waals surface area contributed by atoms with E-state index in [0.717, 1.165) is 3.57 Å². The minimum Gasteiger partial charge on any atom is -0.379 e. The second-order valence-electron chi connectivity index (χ2n) is 5.50. The van der Waals surface area contributed by atoms with Crippen molar-refractivity contribution in [3.8, 4) is 0 Å². The van der Waals surface area contributed by atoms with Gasteiger partial charge >= 0.3 is 0 Å². The Balaban J connectivity index is 1.73. The van der Waals surface area contributed by atoms with Gasteiger partial charge in [-0.05, 0) is 71.1 Å². The van der Waals surface area contributed by atoms with Crippen LogP contribution in [0.25, 0.3) is 0 Å². The molecular weight excluding hydrogens is 455 g/mol. The van der Waals surface area contributed by atoms with Crippen molar-refractivity contribution in [3.63, 3.8) is 0 Å². The van der Waals surface area contributed by atoms with Gasteiger partial charge in [0.25, 0.3) is 5.91 Å². The Labute approximate surface area is 160 Å². The molecule has 1 aliphatic heterocycles. The number of rotatable bonds is 4. The molecule has 6 nitrogen and oxygen atoms in total. The first-order valence-corrected chi connectivity index (χ1v) is 10.2. The van der Waals surface area contributed by atoms with Gasteiger partial charge in [0.2, 0.25) is 10.0 Å². The number of nitrogens with zero attached hydrogens (tertiary/aromatic N) is 1. The van der Waals surface area contributed by atoms with E-state index in [0.29, 0.717) is 37.6 Å². The molecule has 0 aliphatic carbocycles. The van der Waals surface area contributed by atoms with Crippen molar-refractivity contribution in [2.45, 2.75) is 4.90 Å². The van der Waals surface area contributed by atoms with Crippen LogP contribution in [0.4, 0.5) is 5.69 Å². The molecule has 0 radical (unpaired) electrons. The van der Waals surface area contributed by atoms with Crippen molar-refractivity contribution >= 4 is 44.2 Å². The highest BCUT2D eigenvalue weighted by atomic mass is 127. The average Bonchev–Trinajstić information content (AvgIpc) is 2.64. The summed E-state index contributed by atoms with van der Waals surface area (Å²) >= 11 is 2.19. The Morgan fingerprint density at radius 3 is 2.20 bits per heavy atom. The number of benzene rings is 2. The molecule has 2 aromatic rings. The summed E-state index contributed by atoms with van der Waals surface area (Å²) in [4.78, 5) is 12.5. The molecule has 0 atom stereocenters. The molecule has 1 aliphatic rings. The predicted octanol–water partition coefficient (Wildman–Crippen LogP) is 2.56. The minimum atomic E-state index is -3.55. The number of morpholine rings is 1. The normalized spacial score (nSPS) is 15.7. The number of amides is 1. The van der Waals surface area contributed by atoms with Crippen LogP contribution >= 0.6 is 22.6 Å². The lowest BCUT2D eigenvalue weighted by Crippen LogP contribution is -2.40. The maximum absolute atomic E-state index is 12.6. The smallest absolute Gasteiger partial charge is 0.255 e. The number of halogens is 1. The maximum Gasteiger partial charge on any atom is 0.255 e. The number of ether oxygens (including phenoxy) is 1. The highest BCUT2D eigenvalue weighted by Crippen LogP contribution is 2.18. The van der Waals surface area contributed by atoms with Crippen LogP contribution in [0.2, 0.25) is 0 Å². The molecule has 1 amide bonds. The first kappa shape index (κ1) is 18.3. The van der Waals surface area contributed by atoms with Crippen molar-refractivity contribution in [2.75, 3.05) is 31.6 Å². The molecule has 2 aromatic carbocycles. The van der Waals surface area contributed by atoms with Crippen LogP contribution in [0.5, 0.6) is 0 Å². The molecule has 1 heterocycles. The summed E-state index contributed by atoms with van der Waals surface area (Å²) in [6.07, 6.45) is 0. The second-order valence-corrected chi connectivity index (χ2v) is 8.69. The molecule has 1 fully saturated rings. The summed E-state index contributed by atoms with van der Waals surface area (Å²) in [5.41, 5.74) is 1.09. The van der Waals surface area contributed by atoms with E-state index in [9.17, 15) is 13.2 Å². The Bertz CT molecular complexity index is 845. The standard InChI is InChI=1S/C17H17IN2O4S/c18-14-3-5-15(6-4-14)19-17(21)13-1-7-16(8-2-13)25(22,23)20-9-11-24-12-10-20/h1-8H,9-12H2,(H,19,21). The summed E-state index contributed by atoms with van der Waals surface area (Å²) in [7, 11) is -3.55. The SMILES string of the molecule is O=C(Nc1ccc(I)cc1)c1ccc(S(=O)(=O)N2CCOCC2)cc1. The second kappa shape index (κ2) is 7.81. The molecule has 0 aromatic heterocycles. The summed E-state index contributed by atoms with van der Waals surface area (Å²) < 4.78 is 32.8. The summed E-state index contributed by atoms with van der Waals surface area (Å²) in [6, 6.07) is 13.4. The van der Waals surface area contributed by atoms with Gasteiger partial charge in [0.1, 0.15) is 0 Å². The molecule has 0 unspecified atom stereocenters. The largest absolute Gasteiger partial charge is 0.379 e. The topological polar surface area (TPSA) is 75.7 Å². The molecule has 0 saturated carbocycles. The van der Waals surface area contributed by atoms with Crippen molar-refractivity contribution < 1.29 is 17.9 Å². The Morgan fingerprint density at radius 1 is 1.00 bits per heavy atom. The Morgan fingerprint density at radius 2 is 1.60 bits per heavy atom. The van der Waals surface area contributed by atoms with Crippen LogP contribution in [-0.4, -0.2) is 44.9 Å². The predicted molar refractivity (Wildman–Crippen MR) is 103 cm³/mol. The van der Waals surface area contributed by atoms with Crippen LogP contribution in [0.15, 0.2) is 53.4 Å². The average molecular weight is 472 g/mol. The Hall–Kier alpha value is -1.49. The van der Waals surface area contributed by atoms with Crippen LogP contribution < -0.4 is 5.32 Å². The molecule has 132 valence electrons. The molecule has 0 bridgehead atoms. The fraction of sp³-hybridized carbons (Fsp3) is 0.235. The van der Waals surface area contributed by atoms with Gasteiger partial charge in [0, 0.05) is 27.9 Å². The maximum atomic E-state index is 12.6. The molecule has 1 saturated heterocycles. The number of hydrogen-bond donors (Lipinski definition) is 1. The van der Waals surface area contributed by atoms with Crippen molar-refractivity contribution in [2.24, 2.45) is 0 Å². The number of carbonyl (C=O) groups is 1. The summed E-state index contributed by atoms with van der Waals surface area (Å²) in [5, 5.41) is 2.79. The highest BCUT2D eigenvalue weighted by Gasteiger charge is 2.26. The van der Waals surface area contributed by atoms with Crippen LogP contribution in [0.1, 0.15) is 10.4 Å². The molecule has 0 spiro atoms. The van der Waals surface area contributed by atoms with E-state index in [2.05, 4.69) is 27.9 Å². The van der Waals surface area contributed by atoms with E-state index < -0.39 is 10.0 Å². The third kappa shape index (κ3) is 4.38. The lowest BCUT2D eigenvalue weighted by atomic mass is 10.2. The zero-order chi connectivity index (χ0) is 17.9. The molecule has 8 heteroatoms. The molecule has 3 rings (SSSR count). The third-order valence-electron chi connectivity index (χ3n) is 3.83. The fourth-order valence-electron chi connectivity index (χ4n) is 2.45. The monoisotopic (exact) mass is 472 g/mol. The van der Waals surface area contributed by atoms with E-state index in [1.54, 1.807) is 0 Å². The number of nitrogens with one attached hydrogen (secondary N) is 1. The van der Waals surface area contributed by atoms with Crippen molar-refractivity contribution in [1.82, 2.24) is 4.31 Å². The van der Waals surface area contributed by atoms with Gasteiger partial charge in [0.15, 0.2) is 0 Å². The molecular formula is C17H17IN2O4S. The van der Waals surface area contributed by atoms with Gasteiger partial charge in [0.05, 0.1) is 18.1 Å². The van der Waals surface area contributed by atoms with E-state index in [1.165, 1.54) is 28.6 Å². The number of sulfonamides is 1. The number of anilines is 1. The first-order chi connectivity index (χ1) is 12.0. The lowest BCUT2D eigenvalue weighted by Gasteiger charge is -2.26. The zero-order valence-electron chi connectivity index (χ0n) is 13.3. The first-order valence-electron chi connectivity index (χ1n) is 7.72. The van der Waals surface area contributed by atoms with E-state index in [1.807, 2.05) is 24.3 Å². The van der Waals surface area contributed by atoms with Crippen LogP contribution in [-0.2, 0) is 14.8 Å². The van der Waals surface area contributed by atoms with Crippen molar-refractivity contribution in [3.05, 3.63) is 57.7 Å². The van der Waals surface area contributed by atoms with Gasteiger partial charge in [-0.1, -0.05) is 0 Å². The lowest BCUT2D eigenvalue weighted by molar-refractivity contribution is 0.0730. The van der Waals surface area contributed by atoms with Crippen LogP contribution in [0, 0.1) is 3.57 Å². The third-order valence-corrected chi connectivity index (χ3v) is 6.46. The van der Waals surface area contributed by atoms with Gasteiger partial charge in [-0.15, -0.1) is 0 Å².